The smallest absolute Gasteiger partial charge is 0.253 e. The average molecular weight is 294 g/mol. The number of aromatic nitrogens is 1. The quantitative estimate of drug-likeness (QED) is 0.916. The minimum absolute atomic E-state index is 0.0710. The third-order valence-electron chi connectivity index (χ3n) is 5.08. The Labute approximate surface area is 131 Å². The van der Waals surface area contributed by atoms with Crippen molar-refractivity contribution in [1.29, 1.82) is 0 Å². The number of fused-ring (bicyclic) bond motifs is 1. The van der Waals surface area contributed by atoms with Crippen molar-refractivity contribution < 1.29 is 4.79 Å². The second kappa shape index (κ2) is 5.01. The number of nitrogens with one attached hydrogen (secondary N) is 1. The van der Waals surface area contributed by atoms with Crippen LogP contribution in [-0.4, -0.2) is 10.5 Å². The molecule has 2 aliphatic rings. The molecule has 2 aromatic rings. The van der Waals surface area contributed by atoms with Gasteiger partial charge >= 0.3 is 0 Å². The number of hydrogen-bond acceptors (Lipinski definition) is 1. The van der Waals surface area contributed by atoms with E-state index >= 15 is 0 Å². The van der Waals surface area contributed by atoms with Crippen molar-refractivity contribution in [3.63, 3.8) is 0 Å². The zero-order chi connectivity index (χ0) is 15.3. The van der Waals surface area contributed by atoms with E-state index in [2.05, 4.69) is 48.0 Å². The monoisotopic (exact) mass is 294 g/mol. The van der Waals surface area contributed by atoms with Gasteiger partial charge in [-0.3, -0.25) is 4.79 Å². The summed E-state index contributed by atoms with van der Waals surface area (Å²) in [6.45, 7) is 4.18. The van der Waals surface area contributed by atoms with Crippen LogP contribution in [0.15, 0.2) is 30.3 Å². The topological polar surface area (TPSA) is 34.0 Å². The molecular weight excluding hydrogens is 272 g/mol. The van der Waals surface area contributed by atoms with E-state index in [9.17, 15) is 4.79 Å². The second-order valence-electron chi connectivity index (χ2n) is 6.65. The van der Waals surface area contributed by atoms with E-state index in [-0.39, 0.29) is 11.9 Å². The number of rotatable bonds is 3. The van der Waals surface area contributed by atoms with Crippen LogP contribution in [0.4, 0.5) is 0 Å². The van der Waals surface area contributed by atoms with Crippen LogP contribution >= 0.6 is 0 Å². The summed E-state index contributed by atoms with van der Waals surface area (Å²) >= 11 is 0. The van der Waals surface area contributed by atoms with Crippen molar-refractivity contribution in [2.24, 2.45) is 0 Å². The predicted octanol–water partition coefficient (Wildman–Crippen LogP) is 3.86. The second-order valence-corrected chi connectivity index (χ2v) is 6.65. The molecule has 1 aromatic heterocycles. The van der Waals surface area contributed by atoms with Crippen LogP contribution in [0.3, 0.4) is 0 Å². The van der Waals surface area contributed by atoms with Crippen LogP contribution in [-0.2, 0) is 6.42 Å². The number of benzene rings is 1. The van der Waals surface area contributed by atoms with Gasteiger partial charge in [0.05, 0.1) is 11.6 Å². The third-order valence-corrected chi connectivity index (χ3v) is 5.08. The van der Waals surface area contributed by atoms with Gasteiger partial charge in [-0.2, -0.15) is 0 Å². The van der Waals surface area contributed by atoms with Crippen molar-refractivity contribution in [2.45, 2.75) is 51.6 Å². The molecule has 0 bridgehead atoms. The van der Waals surface area contributed by atoms with Gasteiger partial charge in [0.2, 0.25) is 0 Å². The molecule has 0 radical (unpaired) electrons. The summed E-state index contributed by atoms with van der Waals surface area (Å²) in [5, 5.41) is 3.24. The maximum absolute atomic E-state index is 12.7. The molecular formula is C19H22N2O. The lowest BCUT2D eigenvalue weighted by Crippen LogP contribution is -2.27. The van der Waals surface area contributed by atoms with Gasteiger partial charge in [-0.1, -0.05) is 24.3 Å². The highest BCUT2D eigenvalue weighted by atomic mass is 16.1. The molecule has 1 aromatic carbocycles. The van der Waals surface area contributed by atoms with Crippen LogP contribution in [0.5, 0.6) is 0 Å². The van der Waals surface area contributed by atoms with Crippen molar-refractivity contribution in [1.82, 2.24) is 9.88 Å². The van der Waals surface area contributed by atoms with Crippen LogP contribution < -0.4 is 5.32 Å². The van der Waals surface area contributed by atoms with Gasteiger partial charge in [-0.05, 0) is 56.7 Å². The first-order valence-electron chi connectivity index (χ1n) is 8.22. The van der Waals surface area contributed by atoms with Gasteiger partial charge in [-0.15, -0.1) is 0 Å². The number of carbonyl (C=O) groups is 1. The van der Waals surface area contributed by atoms with E-state index in [1.165, 1.54) is 29.7 Å². The van der Waals surface area contributed by atoms with Crippen molar-refractivity contribution in [2.75, 3.05) is 0 Å². The van der Waals surface area contributed by atoms with Gasteiger partial charge in [0, 0.05) is 17.4 Å². The van der Waals surface area contributed by atoms with Crippen LogP contribution in [0, 0.1) is 13.8 Å². The average Bonchev–Trinajstić information content (AvgIpc) is 3.19. The number of carbonyl (C=O) groups excluding carboxylic acids is 1. The van der Waals surface area contributed by atoms with Crippen LogP contribution in [0.25, 0.3) is 0 Å². The lowest BCUT2D eigenvalue weighted by Gasteiger charge is -2.14. The van der Waals surface area contributed by atoms with Gasteiger partial charge in [0.25, 0.3) is 5.91 Å². The van der Waals surface area contributed by atoms with Crippen LogP contribution in [0.2, 0.25) is 0 Å². The maximum Gasteiger partial charge on any atom is 0.253 e. The summed E-state index contributed by atoms with van der Waals surface area (Å²) in [6, 6.07) is 11.3. The third kappa shape index (κ3) is 2.16. The van der Waals surface area contributed by atoms with Crippen molar-refractivity contribution >= 4 is 5.91 Å². The van der Waals surface area contributed by atoms with Crippen LogP contribution in [0.1, 0.15) is 64.2 Å². The van der Waals surface area contributed by atoms with Gasteiger partial charge in [0.1, 0.15) is 0 Å². The Kier molecular flexibility index (Phi) is 3.10. The normalized spacial score (nSPS) is 20.0. The fourth-order valence-electron chi connectivity index (χ4n) is 3.84. The molecule has 1 fully saturated rings. The fraction of sp³-hybridized carbons (Fsp3) is 0.421. The lowest BCUT2D eigenvalue weighted by atomic mass is 10.1. The number of amides is 1. The van der Waals surface area contributed by atoms with E-state index < -0.39 is 0 Å². The Bertz CT molecular complexity index is 740. The van der Waals surface area contributed by atoms with Gasteiger partial charge in [-0.25, -0.2) is 0 Å². The Morgan fingerprint density at radius 2 is 1.95 bits per heavy atom. The summed E-state index contributed by atoms with van der Waals surface area (Å²) in [5.41, 5.74) is 5.82. The zero-order valence-corrected chi connectivity index (χ0v) is 13.2. The molecule has 0 spiro atoms. The minimum atomic E-state index is 0.0710. The number of aryl methyl sites for hydroxylation is 2. The molecule has 4 rings (SSSR count). The molecule has 22 heavy (non-hydrogen) atoms. The molecule has 0 saturated heterocycles. The lowest BCUT2D eigenvalue weighted by molar-refractivity contribution is 0.0936. The molecule has 0 aliphatic heterocycles. The zero-order valence-electron chi connectivity index (χ0n) is 13.2. The standard InChI is InChI=1S/C19H22N2O/c1-12-11-17(13(2)21(12)15-8-9-15)19(22)20-18-10-7-14-5-3-4-6-16(14)18/h3-6,11,15,18H,7-10H2,1-2H3,(H,20,22)/t18-/m1/s1. The summed E-state index contributed by atoms with van der Waals surface area (Å²) in [6.07, 6.45) is 4.55. The molecule has 1 amide bonds. The van der Waals surface area contributed by atoms with E-state index in [1.807, 2.05) is 6.07 Å². The predicted molar refractivity (Wildman–Crippen MR) is 87.1 cm³/mol. The molecule has 1 atom stereocenters. The van der Waals surface area contributed by atoms with E-state index in [1.54, 1.807) is 0 Å². The molecule has 1 N–H and O–H groups in total. The molecule has 3 nitrogen and oxygen atoms in total. The van der Waals surface area contributed by atoms with E-state index in [0.717, 1.165) is 24.1 Å². The Hall–Kier alpha value is -2.03. The number of hydrogen-bond donors (Lipinski definition) is 1. The highest BCUT2D eigenvalue weighted by molar-refractivity contribution is 5.96. The van der Waals surface area contributed by atoms with Gasteiger partial charge in [0.15, 0.2) is 0 Å². The SMILES string of the molecule is Cc1cc(C(=O)N[C@@H]2CCc3ccccc32)c(C)n1C1CC1. The highest BCUT2D eigenvalue weighted by Gasteiger charge is 2.29. The Morgan fingerprint density at radius 1 is 1.18 bits per heavy atom. The summed E-state index contributed by atoms with van der Waals surface area (Å²) < 4.78 is 2.33. The molecule has 2 aliphatic carbocycles. The largest absolute Gasteiger partial charge is 0.345 e. The first-order chi connectivity index (χ1) is 10.6. The van der Waals surface area contributed by atoms with Crippen molar-refractivity contribution in [3.8, 4) is 0 Å². The van der Waals surface area contributed by atoms with Gasteiger partial charge < -0.3 is 9.88 Å². The summed E-state index contributed by atoms with van der Waals surface area (Å²) in [5.74, 6) is 0.0710. The summed E-state index contributed by atoms with van der Waals surface area (Å²) in [4.78, 5) is 12.7. The Balaban J connectivity index is 1.57. The Morgan fingerprint density at radius 3 is 2.73 bits per heavy atom. The van der Waals surface area contributed by atoms with E-state index in [0.29, 0.717) is 6.04 Å². The molecule has 3 heteroatoms. The molecule has 1 heterocycles. The molecule has 1 saturated carbocycles. The number of nitrogens with zero attached hydrogens (tertiary/aromatic N) is 1. The molecule has 0 unspecified atom stereocenters. The maximum atomic E-state index is 12.7. The molecule has 114 valence electrons. The first kappa shape index (κ1) is 13.6. The fourth-order valence-corrected chi connectivity index (χ4v) is 3.84. The highest BCUT2D eigenvalue weighted by Crippen LogP contribution is 2.38. The van der Waals surface area contributed by atoms with E-state index in [4.69, 9.17) is 0 Å². The summed E-state index contributed by atoms with van der Waals surface area (Å²) in [7, 11) is 0. The van der Waals surface area contributed by atoms with Crippen molar-refractivity contribution in [3.05, 3.63) is 58.4 Å². The first-order valence-corrected chi connectivity index (χ1v) is 8.22. The minimum Gasteiger partial charge on any atom is -0.345 e.